The van der Waals surface area contributed by atoms with E-state index >= 15 is 0 Å². The topological polar surface area (TPSA) is 215 Å². The van der Waals surface area contributed by atoms with Gasteiger partial charge in [0.2, 0.25) is 29.5 Å². The molecule has 7 rings (SSSR count). The predicted octanol–water partition coefficient (Wildman–Crippen LogP) is 3.34. The lowest BCUT2D eigenvalue weighted by molar-refractivity contribution is -0.147. The minimum atomic E-state index is -1.44. The van der Waals surface area contributed by atoms with Crippen LogP contribution >= 0.6 is 0 Å². The second-order valence-electron chi connectivity index (χ2n) is 16.0. The number of nitrogens with zero attached hydrogens (tertiary/aromatic N) is 1. The predicted molar refractivity (Wildman–Crippen MR) is 240 cm³/mol. The van der Waals surface area contributed by atoms with Gasteiger partial charge in [0, 0.05) is 32.1 Å². The summed E-state index contributed by atoms with van der Waals surface area (Å²) >= 11 is 0. The van der Waals surface area contributed by atoms with Crippen molar-refractivity contribution in [3.8, 4) is 11.1 Å². The van der Waals surface area contributed by atoms with Crippen LogP contribution in [0.4, 0.5) is 4.79 Å². The standard InChI is InChI=1S/C50H50N6O9/c1-31(57)65-43-29-56(42(27-34-19-9-4-10-20-34)48(61)53-40(46(51)59)25-32-15-5-2-6-16-32)49(62)45(43)55-44(58)28-52-47(60)41(26-33-17-7-3-8-18-33)54-50(63)64-30-39-37-23-13-11-21-35(37)36-22-12-14-24-38(36)39/h2-24,39-43,45H,25-30H2,1H3,(H2,51,59)(H,52,60)(H,53,61)(H,54,63)(H,55,58)/t40-,41-,42-,43+,45-/m0/s1. The minimum Gasteiger partial charge on any atom is -0.458 e. The molecule has 0 aromatic heterocycles. The largest absolute Gasteiger partial charge is 0.458 e. The molecule has 1 heterocycles. The molecule has 0 bridgehead atoms. The molecule has 2 aliphatic rings. The fourth-order valence-corrected chi connectivity index (χ4v) is 8.36. The van der Waals surface area contributed by atoms with Gasteiger partial charge in [-0.1, -0.05) is 140 Å². The number of carbonyl (C=O) groups excluding carboxylic acids is 7. The van der Waals surface area contributed by atoms with Gasteiger partial charge in [-0.2, -0.15) is 0 Å². The van der Waals surface area contributed by atoms with Gasteiger partial charge in [-0.05, 0) is 38.9 Å². The molecule has 1 fully saturated rings. The van der Waals surface area contributed by atoms with Crippen molar-refractivity contribution in [1.29, 1.82) is 0 Å². The molecule has 1 saturated heterocycles. The molecule has 5 atom stereocenters. The number of likely N-dealkylation sites (tertiary alicyclic amines) is 1. The normalized spacial score (nSPS) is 16.5. The summed E-state index contributed by atoms with van der Waals surface area (Å²) in [4.78, 5) is 95.1. The molecule has 15 heteroatoms. The zero-order chi connectivity index (χ0) is 45.9. The van der Waals surface area contributed by atoms with Gasteiger partial charge >= 0.3 is 12.1 Å². The molecule has 65 heavy (non-hydrogen) atoms. The number of amides is 6. The van der Waals surface area contributed by atoms with E-state index in [1.54, 1.807) is 78.9 Å². The van der Waals surface area contributed by atoms with Crippen LogP contribution in [0.5, 0.6) is 0 Å². The van der Waals surface area contributed by atoms with Crippen molar-refractivity contribution in [3.63, 3.8) is 0 Å². The first kappa shape index (κ1) is 45.2. The molecule has 15 nitrogen and oxygen atoms in total. The summed E-state index contributed by atoms with van der Waals surface area (Å²) in [5.74, 6) is -4.65. The van der Waals surface area contributed by atoms with Gasteiger partial charge in [0.15, 0.2) is 0 Å². The molecule has 0 saturated carbocycles. The highest BCUT2D eigenvalue weighted by atomic mass is 16.6. The Morgan fingerprint density at radius 1 is 0.662 bits per heavy atom. The van der Waals surface area contributed by atoms with Gasteiger partial charge in [-0.15, -0.1) is 0 Å². The Bertz CT molecular complexity index is 2480. The summed E-state index contributed by atoms with van der Waals surface area (Å²) in [6.45, 7) is 0.271. The molecular formula is C50H50N6O9. The fourth-order valence-electron chi connectivity index (χ4n) is 8.36. The highest BCUT2D eigenvalue weighted by molar-refractivity contribution is 5.97. The fraction of sp³-hybridized carbons (Fsp3) is 0.260. The number of esters is 1. The zero-order valence-corrected chi connectivity index (χ0v) is 35.7. The van der Waals surface area contributed by atoms with Gasteiger partial charge < -0.3 is 41.4 Å². The van der Waals surface area contributed by atoms with E-state index < -0.39 is 78.4 Å². The van der Waals surface area contributed by atoms with E-state index in [4.69, 9.17) is 15.2 Å². The summed E-state index contributed by atoms with van der Waals surface area (Å²) in [7, 11) is 0. The molecule has 0 spiro atoms. The first-order chi connectivity index (χ1) is 31.4. The number of benzene rings is 5. The molecule has 0 radical (unpaired) electrons. The van der Waals surface area contributed by atoms with Crippen molar-refractivity contribution < 1.29 is 43.0 Å². The van der Waals surface area contributed by atoms with Crippen LogP contribution in [0, 0.1) is 0 Å². The summed E-state index contributed by atoms with van der Waals surface area (Å²) in [6.07, 6.45) is -1.87. The zero-order valence-electron chi connectivity index (χ0n) is 35.7. The van der Waals surface area contributed by atoms with Gasteiger partial charge in [0.1, 0.15) is 36.9 Å². The number of ether oxygens (including phenoxy) is 2. The second-order valence-corrected chi connectivity index (χ2v) is 16.0. The van der Waals surface area contributed by atoms with Gasteiger partial charge in [-0.25, -0.2) is 4.79 Å². The average molecular weight is 879 g/mol. The van der Waals surface area contributed by atoms with Crippen LogP contribution in [-0.4, -0.2) is 96.5 Å². The number of primary amides is 1. The van der Waals surface area contributed by atoms with E-state index in [0.717, 1.165) is 40.3 Å². The SMILES string of the molecule is CC(=O)O[C@@H]1CN([C@@H](Cc2ccccc2)C(=O)N[C@@H](Cc2ccccc2)C(N)=O)C(=O)[C@H]1NC(=O)CNC(=O)[C@H](Cc1ccccc1)NC(=O)OCC1c2ccccc2-c2ccccc21. The maximum Gasteiger partial charge on any atom is 0.407 e. The number of rotatable bonds is 18. The molecule has 334 valence electrons. The quantitative estimate of drug-likeness (QED) is 0.0816. The first-order valence-electron chi connectivity index (χ1n) is 21.3. The number of hydrogen-bond acceptors (Lipinski definition) is 9. The van der Waals surface area contributed by atoms with Crippen molar-refractivity contribution in [2.45, 2.75) is 62.4 Å². The van der Waals surface area contributed by atoms with Crippen molar-refractivity contribution in [2.24, 2.45) is 5.73 Å². The number of fused-ring (bicyclic) bond motifs is 3. The molecular weight excluding hydrogens is 829 g/mol. The smallest absolute Gasteiger partial charge is 0.407 e. The summed E-state index contributed by atoms with van der Waals surface area (Å²) in [6, 6.07) is 37.7. The third-order valence-electron chi connectivity index (χ3n) is 11.5. The molecule has 1 aliphatic heterocycles. The van der Waals surface area contributed by atoms with Crippen LogP contribution in [0.3, 0.4) is 0 Å². The number of nitrogens with one attached hydrogen (secondary N) is 4. The molecule has 0 unspecified atom stereocenters. The van der Waals surface area contributed by atoms with E-state index in [0.29, 0.717) is 5.56 Å². The van der Waals surface area contributed by atoms with Crippen LogP contribution in [0.1, 0.15) is 40.7 Å². The maximum absolute atomic E-state index is 14.2. The molecule has 1 aliphatic carbocycles. The number of carbonyl (C=O) groups is 7. The lowest BCUT2D eigenvalue weighted by atomic mass is 9.98. The highest BCUT2D eigenvalue weighted by Gasteiger charge is 2.48. The summed E-state index contributed by atoms with van der Waals surface area (Å²) in [5.41, 5.74) is 12.1. The lowest BCUT2D eigenvalue weighted by Crippen LogP contribution is -2.56. The molecule has 6 N–H and O–H groups in total. The minimum absolute atomic E-state index is 0.0121. The van der Waals surface area contributed by atoms with Crippen LogP contribution in [0.25, 0.3) is 11.1 Å². The third-order valence-corrected chi connectivity index (χ3v) is 11.5. The van der Waals surface area contributed by atoms with E-state index in [9.17, 15) is 33.6 Å². The third kappa shape index (κ3) is 11.4. The molecule has 5 aromatic rings. The van der Waals surface area contributed by atoms with E-state index in [1.807, 2.05) is 60.7 Å². The van der Waals surface area contributed by atoms with Crippen LogP contribution in [0.2, 0.25) is 0 Å². The Hall–Kier alpha value is -7.81. The monoisotopic (exact) mass is 878 g/mol. The number of hydrogen-bond donors (Lipinski definition) is 5. The summed E-state index contributed by atoms with van der Waals surface area (Å²) in [5, 5.41) is 10.5. The maximum atomic E-state index is 14.2. The van der Waals surface area contributed by atoms with Gasteiger partial charge in [-0.3, -0.25) is 28.8 Å². The lowest BCUT2D eigenvalue weighted by Gasteiger charge is -2.29. The van der Waals surface area contributed by atoms with Crippen LogP contribution < -0.4 is 27.0 Å². The van der Waals surface area contributed by atoms with Gasteiger partial charge in [0.05, 0.1) is 13.1 Å². The molecule has 6 amide bonds. The van der Waals surface area contributed by atoms with Crippen molar-refractivity contribution in [1.82, 2.24) is 26.2 Å². The van der Waals surface area contributed by atoms with E-state index in [1.165, 1.54) is 4.90 Å². The second kappa shape index (κ2) is 21.0. The average Bonchev–Trinajstić information content (AvgIpc) is 3.79. The van der Waals surface area contributed by atoms with E-state index in [-0.39, 0.29) is 38.3 Å². The summed E-state index contributed by atoms with van der Waals surface area (Å²) < 4.78 is 11.2. The number of nitrogens with two attached hydrogens (primary N) is 1. The Morgan fingerprint density at radius 2 is 1.17 bits per heavy atom. The number of alkyl carbamates (subject to hydrolysis) is 1. The van der Waals surface area contributed by atoms with Crippen LogP contribution in [0.15, 0.2) is 140 Å². The Kier molecular flexibility index (Phi) is 14.6. The van der Waals surface area contributed by atoms with Crippen LogP contribution in [-0.2, 0) is 57.5 Å². The Labute approximate surface area is 376 Å². The van der Waals surface area contributed by atoms with E-state index in [2.05, 4.69) is 21.3 Å². The van der Waals surface area contributed by atoms with Crippen molar-refractivity contribution in [3.05, 3.63) is 167 Å². The van der Waals surface area contributed by atoms with Crippen molar-refractivity contribution >= 4 is 41.6 Å². The Morgan fingerprint density at radius 3 is 1.71 bits per heavy atom. The highest BCUT2D eigenvalue weighted by Crippen LogP contribution is 2.44. The van der Waals surface area contributed by atoms with Crippen molar-refractivity contribution in [2.75, 3.05) is 19.7 Å². The first-order valence-corrected chi connectivity index (χ1v) is 21.3. The van der Waals surface area contributed by atoms with Gasteiger partial charge in [0.25, 0.3) is 0 Å². The Balaban J connectivity index is 1.02. The molecule has 5 aromatic carbocycles.